The average Bonchev–Trinajstić information content (AvgIpc) is 2.86. The van der Waals surface area contributed by atoms with Gasteiger partial charge in [0.1, 0.15) is 5.82 Å². The molecule has 1 saturated carbocycles. The zero-order chi connectivity index (χ0) is 12.6. The first-order chi connectivity index (χ1) is 7.94. The van der Waals surface area contributed by atoms with E-state index in [9.17, 15) is 4.39 Å². The molecule has 1 aromatic rings. The molecular weight excluding hydrogens is 239 g/mol. The maximum atomic E-state index is 12.9. The largest absolute Gasteiger partial charge is 0.271 e. The predicted octanol–water partition coefficient (Wildman–Crippen LogP) is 2.90. The highest BCUT2D eigenvalue weighted by Gasteiger charge is 2.49. The molecule has 1 aliphatic carbocycles. The van der Waals surface area contributed by atoms with E-state index in [-0.39, 0.29) is 11.9 Å². The lowest BCUT2D eigenvalue weighted by atomic mass is 9.98. The number of rotatable bonds is 4. The van der Waals surface area contributed by atoms with Crippen LogP contribution in [0.15, 0.2) is 18.2 Å². The van der Waals surface area contributed by atoms with E-state index in [0.717, 1.165) is 12.0 Å². The topological polar surface area (TPSA) is 38.0 Å². The monoisotopic (exact) mass is 256 g/mol. The van der Waals surface area contributed by atoms with Crippen LogP contribution in [0.3, 0.4) is 0 Å². The Kier molecular flexibility index (Phi) is 3.43. The van der Waals surface area contributed by atoms with Crippen molar-refractivity contribution < 1.29 is 4.39 Å². The second kappa shape index (κ2) is 4.56. The van der Waals surface area contributed by atoms with Gasteiger partial charge in [0, 0.05) is 11.1 Å². The Hall–Kier alpha value is -0.640. The molecule has 0 spiro atoms. The lowest BCUT2D eigenvalue weighted by Gasteiger charge is -2.18. The number of hydrogen-bond acceptors (Lipinski definition) is 2. The molecule has 1 aromatic carbocycles. The van der Waals surface area contributed by atoms with Crippen LogP contribution in [-0.2, 0) is 6.42 Å². The number of halogens is 2. The first-order valence-corrected chi connectivity index (χ1v) is 6.22. The maximum absolute atomic E-state index is 12.9. The highest BCUT2D eigenvalue weighted by Crippen LogP contribution is 2.54. The molecule has 1 fully saturated rings. The van der Waals surface area contributed by atoms with Crippen LogP contribution in [0.4, 0.5) is 4.39 Å². The van der Waals surface area contributed by atoms with Crippen LogP contribution in [0.2, 0.25) is 5.02 Å². The van der Waals surface area contributed by atoms with Gasteiger partial charge in [-0.25, -0.2) is 4.39 Å². The fourth-order valence-corrected chi connectivity index (χ4v) is 2.68. The average molecular weight is 257 g/mol. The first kappa shape index (κ1) is 12.8. The van der Waals surface area contributed by atoms with E-state index in [1.807, 2.05) is 0 Å². The van der Waals surface area contributed by atoms with Crippen LogP contribution in [0.25, 0.3) is 0 Å². The van der Waals surface area contributed by atoms with Gasteiger partial charge in [0.05, 0.1) is 0 Å². The summed E-state index contributed by atoms with van der Waals surface area (Å²) in [6.45, 7) is 4.46. The van der Waals surface area contributed by atoms with E-state index in [4.69, 9.17) is 17.4 Å². The third-order valence-corrected chi connectivity index (χ3v) is 4.10. The Morgan fingerprint density at radius 3 is 2.71 bits per heavy atom. The standard InChI is InChI=1S/C13H18ClFN2/c1-13(2)7-10(13)12(17-16)5-8-3-4-9(15)6-11(8)14/h3-4,6,10,12,17H,5,7,16H2,1-2H3. The smallest absolute Gasteiger partial charge is 0.124 e. The summed E-state index contributed by atoms with van der Waals surface area (Å²) in [5, 5.41) is 0.476. The Balaban J connectivity index is 2.09. The van der Waals surface area contributed by atoms with Crippen LogP contribution >= 0.6 is 11.6 Å². The van der Waals surface area contributed by atoms with Gasteiger partial charge in [0.15, 0.2) is 0 Å². The van der Waals surface area contributed by atoms with E-state index < -0.39 is 0 Å². The van der Waals surface area contributed by atoms with Gasteiger partial charge in [-0.05, 0) is 41.9 Å². The van der Waals surface area contributed by atoms with Gasteiger partial charge in [-0.3, -0.25) is 11.3 Å². The third-order valence-electron chi connectivity index (χ3n) is 3.74. The fourth-order valence-electron chi connectivity index (χ4n) is 2.44. The minimum Gasteiger partial charge on any atom is -0.271 e. The minimum atomic E-state index is -0.303. The molecule has 0 heterocycles. The quantitative estimate of drug-likeness (QED) is 0.642. The summed E-state index contributed by atoms with van der Waals surface area (Å²) in [5.41, 5.74) is 4.15. The fraction of sp³-hybridized carbons (Fsp3) is 0.538. The lowest BCUT2D eigenvalue weighted by Crippen LogP contribution is -2.39. The van der Waals surface area contributed by atoms with E-state index in [0.29, 0.717) is 16.4 Å². The van der Waals surface area contributed by atoms with Crippen molar-refractivity contribution in [2.24, 2.45) is 17.2 Å². The SMILES string of the molecule is CC1(C)CC1C(Cc1ccc(F)cc1Cl)NN. The number of nitrogens with two attached hydrogens (primary N) is 1. The summed E-state index contributed by atoms with van der Waals surface area (Å²) in [6, 6.07) is 4.72. The molecule has 3 N–H and O–H groups in total. The summed E-state index contributed by atoms with van der Waals surface area (Å²) in [5.74, 6) is 5.86. The number of nitrogens with one attached hydrogen (secondary N) is 1. The number of hydrazine groups is 1. The molecule has 0 aliphatic heterocycles. The molecule has 17 heavy (non-hydrogen) atoms. The molecular formula is C13H18ClFN2. The van der Waals surface area contributed by atoms with Gasteiger partial charge >= 0.3 is 0 Å². The second-order valence-electron chi connectivity index (χ2n) is 5.51. The van der Waals surface area contributed by atoms with Crippen molar-refractivity contribution in [2.45, 2.75) is 32.7 Å². The molecule has 94 valence electrons. The molecule has 2 unspecified atom stereocenters. The third kappa shape index (κ3) is 2.79. The predicted molar refractivity (Wildman–Crippen MR) is 68.1 cm³/mol. The van der Waals surface area contributed by atoms with Gasteiger partial charge in [-0.2, -0.15) is 0 Å². The highest BCUT2D eigenvalue weighted by molar-refractivity contribution is 6.31. The maximum Gasteiger partial charge on any atom is 0.124 e. The van der Waals surface area contributed by atoms with Gasteiger partial charge in [-0.15, -0.1) is 0 Å². The van der Waals surface area contributed by atoms with Crippen LogP contribution in [0.5, 0.6) is 0 Å². The van der Waals surface area contributed by atoms with Crippen molar-refractivity contribution in [1.29, 1.82) is 0 Å². The Bertz CT molecular complexity index is 420. The van der Waals surface area contributed by atoms with Crippen LogP contribution in [0.1, 0.15) is 25.8 Å². The zero-order valence-corrected chi connectivity index (χ0v) is 10.9. The Labute approximate surface area is 106 Å². The summed E-state index contributed by atoms with van der Waals surface area (Å²) in [7, 11) is 0. The van der Waals surface area contributed by atoms with Crippen LogP contribution < -0.4 is 11.3 Å². The molecule has 0 saturated heterocycles. The van der Waals surface area contributed by atoms with Crippen molar-refractivity contribution in [3.05, 3.63) is 34.6 Å². The first-order valence-electron chi connectivity index (χ1n) is 5.84. The van der Waals surface area contributed by atoms with Crippen molar-refractivity contribution in [3.8, 4) is 0 Å². The molecule has 2 rings (SSSR count). The molecule has 2 atom stereocenters. The molecule has 2 nitrogen and oxygen atoms in total. The van der Waals surface area contributed by atoms with Crippen molar-refractivity contribution in [1.82, 2.24) is 5.43 Å². The Morgan fingerprint density at radius 1 is 1.59 bits per heavy atom. The van der Waals surface area contributed by atoms with Crippen molar-refractivity contribution in [2.75, 3.05) is 0 Å². The number of hydrogen-bond donors (Lipinski definition) is 2. The van der Waals surface area contributed by atoms with E-state index >= 15 is 0 Å². The molecule has 1 aliphatic rings. The molecule has 4 heteroatoms. The summed E-state index contributed by atoms with van der Waals surface area (Å²) < 4.78 is 12.9. The summed E-state index contributed by atoms with van der Waals surface area (Å²) >= 11 is 6.02. The van der Waals surface area contributed by atoms with E-state index in [1.54, 1.807) is 6.07 Å². The summed E-state index contributed by atoms with van der Waals surface area (Å²) in [4.78, 5) is 0. The summed E-state index contributed by atoms with van der Waals surface area (Å²) in [6.07, 6.45) is 1.91. The number of benzene rings is 1. The van der Waals surface area contributed by atoms with E-state index in [2.05, 4.69) is 19.3 Å². The minimum absolute atomic E-state index is 0.202. The van der Waals surface area contributed by atoms with E-state index in [1.165, 1.54) is 18.6 Å². The zero-order valence-electron chi connectivity index (χ0n) is 10.1. The lowest BCUT2D eigenvalue weighted by molar-refractivity contribution is 0.408. The van der Waals surface area contributed by atoms with Crippen LogP contribution in [0, 0.1) is 17.2 Å². The second-order valence-corrected chi connectivity index (χ2v) is 5.92. The van der Waals surface area contributed by atoms with Crippen molar-refractivity contribution >= 4 is 11.6 Å². The van der Waals surface area contributed by atoms with Gasteiger partial charge in [-0.1, -0.05) is 31.5 Å². The van der Waals surface area contributed by atoms with Gasteiger partial charge < -0.3 is 0 Å². The Morgan fingerprint density at radius 2 is 2.24 bits per heavy atom. The highest BCUT2D eigenvalue weighted by atomic mass is 35.5. The molecule has 0 bridgehead atoms. The molecule has 0 radical (unpaired) electrons. The van der Waals surface area contributed by atoms with Crippen LogP contribution in [-0.4, -0.2) is 6.04 Å². The molecule has 0 amide bonds. The van der Waals surface area contributed by atoms with Crippen molar-refractivity contribution in [3.63, 3.8) is 0 Å². The van der Waals surface area contributed by atoms with Gasteiger partial charge in [0.25, 0.3) is 0 Å². The molecule has 0 aromatic heterocycles. The van der Waals surface area contributed by atoms with Gasteiger partial charge in [0.2, 0.25) is 0 Å². The normalized spacial score (nSPS) is 23.5.